The van der Waals surface area contributed by atoms with Crippen molar-refractivity contribution in [2.24, 2.45) is 5.92 Å². The van der Waals surface area contributed by atoms with Gasteiger partial charge in [0.1, 0.15) is 12.1 Å². The number of aromatic nitrogens is 5. The first-order valence-corrected chi connectivity index (χ1v) is 10.3. The molecule has 0 bridgehead atoms. The van der Waals surface area contributed by atoms with Gasteiger partial charge in [-0.1, -0.05) is 0 Å². The van der Waals surface area contributed by atoms with Gasteiger partial charge in [0, 0.05) is 24.5 Å². The van der Waals surface area contributed by atoms with Crippen LogP contribution < -0.4 is 4.74 Å². The lowest BCUT2D eigenvalue weighted by Gasteiger charge is -2.28. The van der Waals surface area contributed by atoms with Crippen molar-refractivity contribution in [3.63, 3.8) is 0 Å². The number of alkyl halides is 5. The molecule has 1 atom stereocenters. The molecule has 1 aromatic carbocycles. The summed E-state index contributed by atoms with van der Waals surface area (Å²) in [4.78, 5) is 27.0. The average molecular weight is 482 g/mol. The summed E-state index contributed by atoms with van der Waals surface area (Å²) in [6, 6.07) is 2.83. The van der Waals surface area contributed by atoms with Gasteiger partial charge in [-0.15, -0.1) is 5.10 Å². The molecule has 0 N–H and O–H groups in total. The lowest BCUT2D eigenvalue weighted by Crippen LogP contribution is -2.36. The molecule has 180 valence electrons. The maximum atomic E-state index is 13.4. The van der Waals surface area contributed by atoms with Gasteiger partial charge in [0.15, 0.2) is 5.82 Å². The monoisotopic (exact) mass is 482 g/mol. The van der Waals surface area contributed by atoms with Crippen molar-refractivity contribution in [2.75, 3.05) is 6.54 Å². The van der Waals surface area contributed by atoms with Crippen LogP contribution in [0.2, 0.25) is 0 Å². The highest BCUT2D eigenvalue weighted by atomic mass is 19.4. The zero-order chi connectivity index (χ0) is 24.5. The number of amides is 1. The van der Waals surface area contributed by atoms with E-state index < -0.39 is 41.6 Å². The van der Waals surface area contributed by atoms with E-state index in [2.05, 4.69) is 24.8 Å². The summed E-state index contributed by atoms with van der Waals surface area (Å²) in [7, 11) is 0. The number of benzene rings is 1. The molecular formula is C21H19F5N6O2. The Hall–Kier alpha value is -3.64. The van der Waals surface area contributed by atoms with E-state index in [1.807, 2.05) is 0 Å². The van der Waals surface area contributed by atoms with Crippen LogP contribution in [0.3, 0.4) is 0 Å². The van der Waals surface area contributed by atoms with E-state index >= 15 is 0 Å². The molecule has 2 heterocycles. The third-order valence-electron chi connectivity index (χ3n) is 5.23. The Bertz CT molecular complexity index is 1150. The third-order valence-corrected chi connectivity index (χ3v) is 5.23. The van der Waals surface area contributed by atoms with E-state index in [-0.39, 0.29) is 24.2 Å². The van der Waals surface area contributed by atoms with Crippen molar-refractivity contribution >= 4 is 5.91 Å². The standard InChI is InChI=1S/C21H19F5N6O2/c1-12(17-29-11-32(30-17)20-27-5-2-6-28-20)31(10-13-3-4-13)18(33)14-7-15(21(24,25)26)9-16(8-14)34-19(22)23/h2,5-9,11-13,19H,3-4,10H2,1H3. The summed E-state index contributed by atoms with van der Waals surface area (Å²) in [5, 5.41) is 4.30. The van der Waals surface area contributed by atoms with Crippen molar-refractivity contribution in [2.45, 2.75) is 38.6 Å². The zero-order valence-electron chi connectivity index (χ0n) is 17.8. The number of halogens is 5. The van der Waals surface area contributed by atoms with Crippen LogP contribution in [0.4, 0.5) is 22.0 Å². The summed E-state index contributed by atoms with van der Waals surface area (Å²) in [6.07, 6.45) is 1.25. The van der Waals surface area contributed by atoms with Crippen LogP contribution >= 0.6 is 0 Å². The fourth-order valence-electron chi connectivity index (χ4n) is 3.33. The summed E-state index contributed by atoms with van der Waals surface area (Å²) in [5.41, 5.74) is -1.69. The highest BCUT2D eigenvalue weighted by Crippen LogP contribution is 2.36. The number of rotatable bonds is 8. The Labute approximate surface area is 190 Å². The van der Waals surface area contributed by atoms with Gasteiger partial charge in [-0.2, -0.15) is 26.6 Å². The minimum Gasteiger partial charge on any atom is -0.435 e. The van der Waals surface area contributed by atoms with E-state index in [0.717, 1.165) is 18.9 Å². The molecule has 2 aromatic heterocycles. The van der Waals surface area contributed by atoms with Gasteiger partial charge in [-0.25, -0.2) is 15.0 Å². The van der Waals surface area contributed by atoms with Crippen LogP contribution in [0, 0.1) is 5.92 Å². The number of nitrogens with zero attached hydrogens (tertiary/aromatic N) is 6. The van der Waals surface area contributed by atoms with Gasteiger partial charge in [0.25, 0.3) is 11.9 Å². The number of carbonyl (C=O) groups is 1. The highest BCUT2D eigenvalue weighted by Gasteiger charge is 2.35. The molecule has 0 radical (unpaired) electrons. The van der Waals surface area contributed by atoms with Crippen LogP contribution in [0.5, 0.6) is 5.75 Å². The topological polar surface area (TPSA) is 86.0 Å². The number of carbonyl (C=O) groups excluding carboxylic acids is 1. The third kappa shape index (κ3) is 5.46. The molecule has 0 spiro atoms. The lowest BCUT2D eigenvalue weighted by atomic mass is 10.1. The first kappa shape index (κ1) is 23.5. The van der Waals surface area contributed by atoms with Crippen molar-refractivity contribution in [1.82, 2.24) is 29.6 Å². The van der Waals surface area contributed by atoms with Crippen molar-refractivity contribution < 1.29 is 31.5 Å². The number of ether oxygens (including phenoxy) is 1. The minimum atomic E-state index is -4.86. The van der Waals surface area contributed by atoms with Gasteiger partial charge in [-0.05, 0) is 49.9 Å². The summed E-state index contributed by atoms with van der Waals surface area (Å²) < 4.78 is 70.9. The summed E-state index contributed by atoms with van der Waals surface area (Å²) >= 11 is 0. The number of hydrogen-bond acceptors (Lipinski definition) is 6. The molecule has 1 fully saturated rings. The molecule has 1 aliphatic carbocycles. The van der Waals surface area contributed by atoms with E-state index in [1.54, 1.807) is 13.0 Å². The van der Waals surface area contributed by atoms with Crippen LogP contribution in [0.1, 0.15) is 47.6 Å². The normalized spacial score (nSPS) is 14.8. The van der Waals surface area contributed by atoms with Crippen molar-refractivity contribution in [3.8, 4) is 11.7 Å². The second-order valence-electron chi connectivity index (χ2n) is 7.80. The van der Waals surface area contributed by atoms with Gasteiger partial charge < -0.3 is 9.64 Å². The van der Waals surface area contributed by atoms with E-state index in [9.17, 15) is 26.7 Å². The molecule has 4 rings (SSSR count). The van der Waals surface area contributed by atoms with E-state index in [0.29, 0.717) is 12.1 Å². The van der Waals surface area contributed by atoms with Gasteiger partial charge >= 0.3 is 12.8 Å². The zero-order valence-corrected chi connectivity index (χ0v) is 17.8. The summed E-state index contributed by atoms with van der Waals surface area (Å²) in [6.45, 7) is -1.46. The summed E-state index contributed by atoms with van der Waals surface area (Å²) in [5.74, 6) is -0.890. The minimum absolute atomic E-state index is 0.175. The Balaban J connectivity index is 1.66. The van der Waals surface area contributed by atoms with Crippen LogP contribution in [-0.2, 0) is 6.18 Å². The van der Waals surface area contributed by atoms with Crippen LogP contribution in [-0.4, -0.2) is 48.7 Å². The fourth-order valence-corrected chi connectivity index (χ4v) is 3.33. The van der Waals surface area contributed by atoms with Crippen LogP contribution in [0.25, 0.3) is 5.95 Å². The smallest absolute Gasteiger partial charge is 0.416 e. The molecule has 1 aliphatic rings. The molecule has 0 aliphatic heterocycles. The Morgan fingerprint density at radius 3 is 2.50 bits per heavy atom. The van der Waals surface area contributed by atoms with Crippen LogP contribution in [0.15, 0.2) is 43.0 Å². The predicted molar refractivity (Wildman–Crippen MR) is 107 cm³/mol. The molecule has 1 amide bonds. The lowest BCUT2D eigenvalue weighted by molar-refractivity contribution is -0.138. The first-order valence-electron chi connectivity index (χ1n) is 10.3. The van der Waals surface area contributed by atoms with Crippen molar-refractivity contribution in [3.05, 3.63) is 59.9 Å². The molecule has 8 nitrogen and oxygen atoms in total. The highest BCUT2D eigenvalue weighted by molar-refractivity contribution is 5.95. The van der Waals surface area contributed by atoms with Gasteiger partial charge in [0.2, 0.25) is 0 Å². The van der Waals surface area contributed by atoms with Crippen molar-refractivity contribution in [1.29, 1.82) is 0 Å². The number of hydrogen-bond donors (Lipinski definition) is 0. The van der Waals surface area contributed by atoms with Gasteiger partial charge in [0.05, 0.1) is 11.6 Å². The van der Waals surface area contributed by atoms with E-state index in [4.69, 9.17) is 0 Å². The molecule has 1 unspecified atom stereocenters. The second kappa shape index (κ2) is 9.31. The molecular weight excluding hydrogens is 463 g/mol. The van der Waals surface area contributed by atoms with E-state index in [1.165, 1.54) is 28.3 Å². The SMILES string of the molecule is CC(c1ncn(-c2ncccn2)n1)N(CC1CC1)C(=O)c1cc(OC(F)F)cc(C(F)(F)F)c1. The molecule has 1 saturated carbocycles. The predicted octanol–water partition coefficient (Wildman–Crippen LogP) is 4.29. The molecule has 13 heteroatoms. The maximum absolute atomic E-state index is 13.4. The first-order chi connectivity index (χ1) is 16.1. The second-order valence-corrected chi connectivity index (χ2v) is 7.80. The maximum Gasteiger partial charge on any atom is 0.416 e. The molecule has 34 heavy (non-hydrogen) atoms. The quantitative estimate of drug-likeness (QED) is 0.446. The fraction of sp³-hybridized carbons (Fsp3) is 0.381. The Kier molecular flexibility index (Phi) is 6.44. The molecule has 0 saturated heterocycles. The average Bonchev–Trinajstić information content (AvgIpc) is 3.48. The largest absolute Gasteiger partial charge is 0.435 e. The van der Waals surface area contributed by atoms with Gasteiger partial charge in [-0.3, -0.25) is 4.79 Å². The molecule has 3 aromatic rings. The Morgan fingerprint density at radius 2 is 1.88 bits per heavy atom. The Morgan fingerprint density at radius 1 is 1.18 bits per heavy atom.